The monoisotopic (exact) mass is 469 g/mol. The fourth-order valence-corrected chi connectivity index (χ4v) is 4.93. The van der Waals surface area contributed by atoms with Crippen molar-refractivity contribution in [3.63, 3.8) is 0 Å². The predicted molar refractivity (Wildman–Crippen MR) is 130 cm³/mol. The summed E-state index contributed by atoms with van der Waals surface area (Å²) in [6, 6.07) is 16.7. The van der Waals surface area contributed by atoms with Crippen LogP contribution in [0, 0.1) is 5.41 Å². The molecule has 2 aliphatic heterocycles. The van der Waals surface area contributed by atoms with Gasteiger partial charge in [-0.25, -0.2) is 0 Å². The topological polar surface area (TPSA) is 53.1 Å². The molecule has 0 radical (unpaired) electrons. The van der Waals surface area contributed by atoms with E-state index in [1.165, 1.54) is 0 Å². The SMILES string of the molecule is CN1CCN(C(=O)C[C@]2(COc3ccccc3)CCCN(C(=O)c3cccc(Cl)c3)C2)CC1. The molecule has 0 saturated carbocycles. The van der Waals surface area contributed by atoms with Crippen molar-refractivity contribution in [2.45, 2.75) is 19.3 Å². The number of hydrogen-bond acceptors (Lipinski definition) is 4. The van der Waals surface area contributed by atoms with Crippen LogP contribution < -0.4 is 4.74 Å². The smallest absolute Gasteiger partial charge is 0.253 e. The van der Waals surface area contributed by atoms with Gasteiger partial charge in [0.2, 0.25) is 5.91 Å². The van der Waals surface area contributed by atoms with E-state index in [1.807, 2.05) is 40.1 Å². The lowest BCUT2D eigenvalue weighted by atomic mass is 9.77. The molecule has 0 unspecified atom stereocenters. The summed E-state index contributed by atoms with van der Waals surface area (Å²) in [5, 5.41) is 0.543. The first kappa shape index (κ1) is 23.6. The van der Waals surface area contributed by atoms with E-state index in [0.29, 0.717) is 36.7 Å². The maximum absolute atomic E-state index is 13.3. The first-order valence-electron chi connectivity index (χ1n) is 11.6. The molecule has 176 valence electrons. The molecule has 2 aromatic rings. The molecule has 6 nitrogen and oxygen atoms in total. The van der Waals surface area contributed by atoms with Crippen molar-refractivity contribution in [3.8, 4) is 5.75 Å². The number of hydrogen-bond donors (Lipinski definition) is 0. The first-order valence-corrected chi connectivity index (χ1v) is 12.0. The number of rotatable bonds is 6. The van der Waals surface area contributed by atoms with Gasteiger partial charge in [0.1, 0.15) is 5.75 Å². The van der Waals surface area contributed by atoms with E-state index in [1.54, 1.807) is 24.3 Å². The Balaban J connectivity index is 1.52. The summed E-state index contributed by atoms with van der Waals surface area (Å²) in [6.45, 7) is 4.82. The number of benzene rings is 2. The van der Waals surface area contributed by atoms with Crippen LogP contribution in [0.1, 0.15) is 29.6 Å². The van der Waals surface area contributed by atoms with E-state index >= 15 is 0 Å². The van der Waals surface area contributed by atoms with Crippen LogP contribution in [0.2, 0.25) is 5.02 Å². The van der Waals surface area contributed by atoms with Crippen LogP contribution in [-0.4, -0.2) is 79.4 Å². The highest BCUT2D eigenvalue weighted by Crippen LogP contribution is 2.36. The Bertz CT molecular complexity index is 962. The second kappa shape index (κ2) is 10.6. The number of ether oxygens (including phenoxy) is 1. The summed E-state index contributed by atoms with van der Waals surface area (Å²) in [7, 11) is 2.08. The summed E-state index contributed by atoms with van der Waals surface area (Å²) in [5.41, 5.74) is 0.149. The number of halogens is 1. The van der Waals surface area contributed by atoms with E-state index in [9.17, 15) is 9.59 Å². The standard InChI is InChI=1S/C26H32ClN3O3/c1-28-13-15-29(16-14-28)24(31)18-26(20-33-23-9-3-2-4-10-23)11-6-12-30(19-26)25(32)21-7-5-8-22(27)17-21/h2-5,7-10,17H,6,11-16,18-20H2,1H3/t26-/m1/s1. The predicted octanol–water partition coefficient (Wildman–Crippen LogP) is 3.81. The third kappa shape index (κ3) is 6.06. The maximum Gasteiger partial charge on any atom is 0.253 e. The molecule has 0 aliphatic carbocycles. The quantitative estimate of drug-likeness (QED) is 0.645. The number of likely N-dealkylation sites (N-methyl/N-ethyl adjacent to an activating group) is 1. The lowest BCUT2D eigenvalue weighted by molar-refractivity contribution is -0.137. The van der Waals surface area contributed by atoms with Gasteiger partial charge in [0.05, 0.1) is 6.61 Å². The van der Waals surface area contributed by atoms with Crippen LogP contribution in [-0.2, 0) is 4.79 Å². The minimum absolute atomic E-state index is 0.0478. The molecule has 0 bridgehead atoms. The molecule has 0 aromatic heterocycles. The van der Waals surface area contributed by atoms with Gasteiger partial charge in [0.25, 0.3) is 5.91 Å². The van der Waals surface area contributed by atoms with Gasteiger partial charge in [-0.1, -0.05) is 35.9 Å². The lowest BCUT2D eigenvalue weighted by Gasteiger charge is -2.43. The number of likely N-dealkylation sites (tertiary alicyclic amines) is 1. The fraction of sp³-hybridized carbons (Fsp3) is 0.462. The zero-order chi connectivity index (χ0) is 23.3. The number of para-hydroxylation sites is 1. The summed E-state index contributed by atoms with van der Waals surface area (Å²) in [5.74, 6) is 0.882. The zero-order valence-corrected chi connectivity index (χ0v) is 20.0. The number of nitrogens with zero attached hydrogens (tertiary/aromatic N) is 3. The number of piperidine rings is 1. The van der Waals surface area contributed by atoms with Gasteiger partial charge in [0.15, 0.2) is 0 Å². The Kier molecular flexibility index (Phi) is 7.56. The summed E-state index contributed by atoms with van der Waals surface area (Å²) < 4.78 is 6.17. The van der Waals surface area contributed by atoms with Crippen LogP contribution in [0.25, 0.3) is 0 Å². The molecule has 1 atom stereocenters. The van der Waals surface area contributed by atoms with Gasteiger partial charge in [-0.15, -0.1) is 0 Å². The number of piperazine rings is 1. The van der Waals surface area contributed by atoms with E-state index in [2.05, 4.69) is 11.9 Å². The molecule has 2 aliphatic rings. The van der Waals surface area contributed by atoms with Gasteiger partial charge in [-0.2, -0.15) is 0 Å². The first-order chi connectivity index (χ1) is 15.9. The Morgan fingerprint density at radius 1 is 0.970 bits per heavy atom. The molecule has 2 amide bonds. The largest absolute Gasteiger partial charge is 0.493 e. The van der Waals surface area contributed by atoms with Crippen LogP contribution in [0.4, 0.5) is 0 Å². The third-order valence-electron chi connectivity index (χ3n) is 6.69. The Morgan fingerprint density at radius 3 is 2.45 bits per heavy atom. The second-order valence-corrected chi connectivity index (χ2v) is 9.74. The van der Waals surface area contributed by atoms with Gasteiger partial charge < -0.3 is 19.4 Å². The van der Waals surface area contributed by atoms with Crippen molar-refractivity contribution in [1.29, 1.82) is 0 Å². The molecule has 2 heterocycles. The number of carbonyl (C=O) groups excluding carboxylic acids is 2. The van der Waals surface area contributed by atoms with E-state index in [0.717, 1.165) is 44.8 Å². The average Bonchev–Trinajstić information content (AvgIpc) is 2.83. The molecule has 0 N–H and O–H groups in total. The van der Waals surface area contributed by atoms with E-state index in [-0.39, 0.29) is 11.8 Å². The zero-order valence-electron chi connectivity index (χ0n) is 19.2. The molecule has 2 fully saturated rings. The Hall–Kier alpha value is -2.57. The molecule has 33 heavy (non-hydrogen) atoms. The summed E-state index contributed by atoms with van der Waals surface area (Å²) in [6.07, 6.45) is 2.06. The van der Waals surface area contributed by atoms with Crippen molar-refractivity contribution in [1.82, 2.24) is 14.7 Å². The summed E-state index contributed by atoms with van der Waals surface area (Å²) >= 11 is 6.12. The minimum Gasteiger partial charge on any atom is -0.493 e. The van der Waals surface area contributed by atoms with Gasteiger partial charge in [-0.3, -0.25) is 9.59 Å². The van der Waals surface area contributed by atoms with Crippen molar-refractivity contribution in [2.24, 2.45) is 5.41 Å². The van der Waals surface area contributed by atoms with Crippen molar-refractivity contribution in [3.05, 3.63) is 65.2 Å². The molecule has 4 rings (SSSR count). The highest BCUT2D eigenvalue weighted by molar-refractivity contribution is 6.30. The van der Waals surface area contributed by atoms with Crippen molar-refractivity contribution in [2.75, 3.05) is 52.9 Å². The number of amides is 2. The average molecular weight is 470 g/mol. The molecule has 7 heteroatoms. The maximum atomic E-state index is 13.3. The second-order valence-electron chi connectivity index (χ2n) is 9.30. The van der Waals surface area contributed by atoms with Crippen molar-refractivity contribution >= 4 is 23.4 Å². The molecule has 2 aromatic carbocycles. The van der Waals surface area contributed by atoms with Gasteiger partial charge in [0, 0.05) is 61.7 Å². The molecule has 2 saturated heterocycles. The highest BCUT2D eigenvalue weighted by atomic mass is 35.5. The van der Waals surface area contributed by atoms with Crippen LogP contribution in [0.15, 0.2) is 54.6 Å². The number of carbonyl (C=O) groups is 2. The molecular weight excluding hydrogens is 438 g/mol. The Labute approximate surface area is 201 Å². The van der Waals surface area contributed by atoms with Gasteiger partial charge >= 0.3 is 0 Å². The van der Waals surface area contributed by atoms with Crippen LogP contribution in [0.3, 0.4) is 0 Å². The molecular formula is C26H32ClN3O3. The highest BCUT2D eigenvalue weighted by Gasteiger charge is 2.41. The van der Waals surface area contributed by atoms with Crippen LogP contribution in [0.5, 0.6) is 5.75 Å². The van der Waals surface area contributed by atoms with Crippen LogP contribution >= 0.6 is 11.6 Å². The Morgan fingerprint density at radius 2 is 1.73 bits per heavy atom. The van der Waals surface area contributed by atoms with E-state index < -0.39 is 5.41 Å². The van der Waals surface area contributed by atoms with Crippen molar-refractivity contribution < 1.29 is 14.3 Å². The summed E-state index contributed by atoms with van der Waals surface area (Å²) in [4.78, 5) is 32.6. The normalized spacial score (nSPS) is 21.6. The van der Waals surface area contributed by atoms with Gasteiger partial charge in [-0.05, 0) is 50.2 Å². The fourth-order valence-electron chi connectivity index (χ4n) is 4.74. The lowest BCUT2D eigenvalue weighted by Crippen LogP contribution is -2.53. The molecule has 0 spiro atoms. The minimum atomic E-state index is -0.428. The third-order valence-corrected chi connectivity index (χ3v) is 6.93. The van der Waals surface area contributed by atoms with E-state index in [4.69, 9.17) is 16.3 Å².